The predicted molar refractivity (Wildman–Crippen MR) is 61.1 cm³/mol. The topological polar surface area (TPSA) is 42.2 Å². The van der Waals surface area contributed by atoms with Gasteiger partial charge < -0.3 is 9.73 Å². The fraction of sp³-hybridized carbons (Fsp3) is 0.154. The van der Waals surface area contributed by atoms with Crippen LogP contribution in [0.4, 0.5) is 0 Å². The molecule has 0 aliphatic rings. The first-order valence-corrected chi connectivity index (χ1v) is 5.11. The van der Waals surface area contributed by atoms with Crippen LogP contribution in [0.3, 0.4) is 0 Å². The van der Waals surface area contributed by atoms with E-state index in [2.05, 4.69) is 5.32 Å². The van der Waals surface area contributed by atoms with Gasteiger partial charge in [-0.2, -0.15) is 0 Å². The standard InChI is InChI=1S/C13H13NO2/c1-10-2-4-12(5-3-10)13(15)14-8-11-6-7-16-9-11/h2-7,9H,8H2,1H3,(H,14,15). The van der Waals surface area contributed by atoms with Crippen molar-refractivity contribution in [3.63, 3.8) is 0 Å². The van der Waals surface area contributed by atoms with E-state index in [0.29, 0.717) is 12.1 Å². The molecule has 2 rings (SSSR count). The summed E-state index contributed by atoms with van der Waals surface area (Å²) in [6.45, 7) is 2.48. The van der Waals surface area contributed by atoms with Crippen molar-refractivity contribution in [2.24, 2.45) is 0 Å². The number of nitrogens with one attached hydrogen (secondary N) is 1. The summed E-state index contributed by atoms with van der Waals surface area (Å²) in [5.41, 5.74) is 2.78. The van der Waals surface area contributed by atoms with E-state index < -0.39 is 0 Å². The zero-order chi connectivity index (χ0) is 11.4. The van der Waals surface area contributed by atoms with Gasteiger partial charge >= 0.3 is 0 Å². The highest BCUT2D eigenvalue weighted by molar-refractivity contribution is 5.94. The Labute approximate surface area is 94.1 Å². The van der Waals surface area contributed by atoms with E-state index in [1.54, 1.807) is 12.5 Å². The van der Waals surface area contributed by atoms with Crippen molar-refractivity contribution >= 4 is 5.91 Å². The number of aryl methyl sites for hydroxylation is 1. The summed E-state index contributed by atoms with van der Waals surface area (Å²) in [6.07, 6.45) is 3.21. The van der Waals surface area contributed by atoms with Gasteiger partial charge in [0.2, 0.25) is 0 Å². The van der Waals surface area contributed by atoms with Crippen molar-refractivity contribution in [3.8, 4) is 0 Å². The number of hydrogen-bond acceptors (Lipinski definition) is 2. The maximum absolute atomic E-state index is 11.7. The first-order chi connectivity index (χ1) is 7.75. The number of amides is 1. The fourth-order valence-corrected chi connectivity index (χ4v) is 1.38. The Balaban J connectivity index is 1.95. The average Bonchev–Trinajstić information content (AvgIpc) is 2.80. The van der Waals surface area contributed by atoms with E-state index in [0.717, 1.165) is 11.1 Å². The van der Waals surface area contributed by atoms with Crippen molar-refractivity contribution in [2.75, 3.05) is 0 Å². The van der Waals surface area contributed by atoms with Crippen LogP contribution in [0.2, 0.25) is 0 Å². The molecule has 0 saturated carbocycles. The molecule has 0 unspecified atom stereocenters. The molecule has 0 aliphatic carbocycles. The lowest BCUT2D eigenvalue weighted by Gasteiger charge is -2.03. The number of furan rings is 1. The van der Waals surface area contributed by atoms with Gasteiger partial charge in [0.25, 0.3) is 5.91 Å². The van der Waals surface area contributed by atoms with E-state index in [4.69, 9.17) is 4.42 Å². The molecule has 1 amide bonds. The monoisotopic (exact) mass is 215 g/mol. The van der Waals surface area contributed by atoms with Crippen molar-refractivity contribution in [1.29, 1.82) is 0 Å². The maximum atomic E-state index is 11.7. The van der Waals surface area contributed by atoms with Crippen molar-refractivity contribution < 1.29 is 9.21 Å². The maximum Gasteiger partial charge on any atom is 0.251 e. The number of carbonyl (C=O) groups is 1. The molecular formula is C13H13NO2. The van der Waals surface area contributed by atoms with Crippen LogP contribution in [0.25, 0.3) is 0 Å². The number of hydrogen-bond donors (Lipinski definition) is 1. The summed E-state index contributed by atoms with van der Waals surface area (Å²) >= 11 is 0. The smallest absolute Gasteiger partial charge is 0.251 e. The van der Waals surface area contributed by atoms with Crippen LogP contribution >= 0.6 is 0 Å². The first kappa shape index (κ1) is 10.5. The average molecular weight is 215 g/mol. The van der Waals surface area contributed by atoms with Crippen molar-refractivity contribution in [3.05, 3.63) is 59.5 Å². The molecule has 1 aromatic carbocycles. The van der Waals surface area contributed by atoms with Crippen LogP contribution in [-0.2, 0) is 6.54 Å². The molecule has 3 nitrogen and oxygen atoms in total. The minimum Gasteiger partial charge on any atom is -0.472 e. The second kappa shape index (κ2) is 4.66. The molecule has 0 fully saturated rings. The van der Waals surface area contributed by atoms with Gasteiger partial charge in [-0.15, -0.1) is 0 Å². The number of rotatable bonds is 3. The van der Waals surface area contributed by atoms with Gasteiger partial charge in [0.15, 0.2) is 0 Å². The molecule has 1 N–H and O–H groups in total. The predicted octanol–water partition coefficient (Wildman–Crippen LogP) is 2.52. The Morgan fingerprint density at radius 1 is 1.25 bits per heavy atom. The molecule has 0 saturated heterocycles. The third kappa shape index (κ3) is 2.51. The van der Waals surface area contributed by atoms with Gasteiger partial charge in [0, 0.05) is 17.7 Å². The van der Waals surface area contributed by atoms with Crippen LogP contribution in [0.15, 0.2) is 47.3 Å². The van der Waals surface area contributed by atoms with E-state index >= 15 is 0 Å². The third-order valence-corrected chi connectivity index (χ3v) is 2.35. The van der Waals surface area contributed by atoms with E-state index in [1.807, 2.05) is 37.3 Å². The molecule has 1 heterocycles. The summed E-state index contributed by atoms with van der Waals surface area (Å²) in [7, 11) is 0. The molecule has 0 bridgehead atoms. The minimum atomic E-state index is -0.0683. The molecule has 82 valence electrons. The summed E-state index contributed by atoms with van der Waals surface area (Å²) in [6, 6.07) is 9.31. The normalized spacial score (nSPS) is 10.1. The molecular weight excluding hydrogens is 202 g/mol. The van der Waals surface area contributed by atoms with E-state index in [1.165, 1.54) is 0 Å². The van der Waals surface area contributed by atoms with Gasteiger partial charge in [-0.1, -0.05) is 17.7 Å². The summed E-state index contributed by atoms with van der Waals surface area (Å²) in [4.78, 5) is 11.7. The van der Waals surface area contributed by atoms with Crippen LogP contribution < -0.4 is 5.32 Å². The highest BCUT2D eigenvalue weighted by Crippen LogP contribution is 2.04. The SMILES string of the molecule is Cc1ccc(C(=O)NCc2ccoc2)cc1. The summed E-state index contributed by atoms with van der Waals surface area (Å²) in [5.74, 6) is -0.0683. The summed E-state index contributed by atoms with van der Waals surface area (Å²) < 4.78 is 4.92. The zero-order valence-corrected chi connectivity index (χ0v) is 9.07. The Morgan fingerprint density at radius 3 is 2.62 bits per heavy atom. The molecule has 0 atom stereocenters. The Morgan fingerprint density at radius 2 is 2.00 bits per heavy atom. The lowest BCUT2D eigenvalue weighted by molar-refractivity contribution is 0.0951. The Hall–Kier alpha value is -2.03. The third-order valence-electron chi connectivity index (χ3n) is 2.35. The van der Waals surface area contributed by atoms with Crippen molar-refractivity contribution in [1.82, 2.24) is 5.32 Å². The van der Waals surface area contributed by atoms with Crippen LogP contribution in [0, 0.1) is 6.92 Å². The highest BCUT2D eigenvalue weighted by atomic mass is 16.3. The molecule has 1 aromatic heterocycles. The molecule has 0 spiro atoms. The second-order valence-electron chi connectivity index (χ2n) is 3.68. The fourth-order valence-electron chi connectivity index (χ4n) is 1.38. The molecule has 16 heavy (non-hydrogen) atoms. The van der Waals surface area contributed by atoms with Gasteiger partial charge in [-0.05, 0) is 25.1 Å². The van der Waals surface area contributed by atoms with E-state index in [-0.39, 0.29) is 5.91 Å². The quantitative estimate of drug-likeness (QED) is 0.854. The van der Waals surface area contributed by atoms with Crippen LogP contribution in [0.1, 0.15) is 21.5 Å². The first-order valence-electron chi connectivity index (χ1n) is 5.11. The molecule has 0 radical (unpaired) electrons. The Kier molecular flexibility index (Phi) is 3.05. The van der Waals surface area contributed by atoms with Crippen LogP contribution in [-0.4, -0.2) is 5.91 Å². The van der Waals surface area contributed by atoms with Gasteiger partial charge in [-0.3, -0.25) is 4.79 Å². The second-order valence-corrected chi connectivity index (χ2v) is 3.68. The van der Waals surface area contributed by atoms with Crippen LogP contribution in [0.5, 0.6) is 0 Å². The molecule has 2 aromatic rings. The van der Waals surface area contributed by atoms with E-state index in [9.17, 15) is 4.79 Å². The van der Waals surface area contributed by atoms with Crippen molar-refractivity contribution in [2.45, 2.75) is 13.5 Å². The number of carbonyl (C=O) groups excluding carboxylic acids is 1. The summed E-state index contributed by atoms with van der Waals surface area (Å²) in [5, 5.41) is 2.82. The molecule has 3 heteroatoms. The Bertz CT molecular complexity index is 457. The number of benzene rings is 1. The minimum absolute atomic E-state index is 0.0683. The lowest BCUT2D eigenvalue weighted by Crippen LogP contribution is -2.22. The van der Waals surface area contributed by atoms with Gasteiger partial charge in [0.05, 0.1) is 12.5 Å². The largest absolute Gasteiger partial charge is 0.472 e. The van der Waals surface area contributed by atoms with Gasteiger partial charge in [-0.25, -0.2) is 0 Å². The van der Waals surface area contributed by atoms with Gasteiger partial charge in [0.1, 0.15) is 0 Å². The highest BCUT2D eigenvalue weighted by Gasteiger charge is 2.04. The molecule has 0 aliphatic heterocycles. The zero-order valence-electron chi connectivity index (χ0n) is 9.07. The lowest BCUT2D eigenvalue weighted by atomic mass is 10.1.